The quantitative estimate of drug-likeness (QED) is 0.834. The Kier molecular flexibility index (Phi) is 4.61. The van der Waals surface area contributed by atoms with Gasteiger partial charge in [0, 0.05) is 26.2 Å². The standard InChI is InChI=1S/C19H30N6O/c1-12(2)15-8-17(19-21-20-11-25(19)22-15)24-9-13-6-16(23(3)4)18(26-5)7-14(13)10-24/h8,11-14,16,18H,6-7,9-10H2,1-5H3/t13-,14+,16-,18-/m1/s1. The molecule has 4 atom stereocenters. The molecule has 2 fully saturated rings. The van der Waals surface area contributed by atoms with E-state index < -0.39 is 0 Å². The number of ether oxygens (including phenoxy) is 1. The van der Waals surface area contributed by atoms with Crippen molar-refractivity contribution in [2.75, 3.05) is 39.2 Å². The van der Waals surface area contributed by atoms with Gasteiger partial charge in [-0.3, -0.25) is 0 Å². The number of hydrogen-bond donors (Lipinski definition) is 0. The van der Waals surface area contributed by atoms with E-state index in [1.165, 1.54) is 12.1 Å². The van der Waals surface area contributed by atoms with Crippen LogP contribution in [0.25, 0.3) is 5.65 Å². The highest BCUT2D eigenvalue weighted by Crippen LogP contribution is 2.41. The number of fused-ring (bicyclic) bond motifs is 2. The first-order chi connectivity index (χ1) is 12.5. The Balaban J connectivity index is 1.63. The third-order valence-corrected chi connectivity index (χ3v) is 6.25. The Bertz CT molecular complexity index is 772. The number of hydrogen-bond acceptors (Lipinski definition) is 6. The summed E-state index contributed by atoms with van der Waals surface area (Å²) in [6.45, 7) is 6.50. The number of nitrogens with zero attached hydrogens (tertiary/aromatic N) is 6. The first-order valence-electron chi connectivity index (χ1n) is 9.63. The minimum atomic E-state index is 0.322. The minimum Gasteiger partial charge on any atom is -0.380 e. The fourth-order valence-electron chi connectivity index (χ4n) is 4.73. The van der Waals surface area contributed by atoms with E-state index in [0.717, 1.165) is 30.9 Å². The molecular formula is C19H30N6O. The van der Waals surface area contributed by atoms with Crippen LogP contribution < -0.4 is 4.90 Å². The molecule has 26 heavy (non-hydrogen) atoms. The van der Waals surface area contributed by atoms with Crippen LogP contribution in [0.4, 0.5) is 5.69 Å². The molecule has 3 heterocycles. The summed E-state index contributed by atoms with van der Waals surface area (Å²) < 4.78 is 7.65. The molecule has 1 saturated carbocycles. The van der Waals surface area contributed by atoms with Crippen molar-refractivity contribution in [1.29, 1.82) is 0 Å². The molecule has 2 aromatic rings. The predicted molar refractivity (Wildman–Crippen MR) is 102 cm³/mol. The highest BCUT2D eigenvalue weighted by Gasteiger charge is 2.43. The third kappa shape index (κ3) is 2.97. The summed E-state index contributed by atoms with van der Waals surface area (Å²) in [6, 6.07) is 2.71. The predicted octanol–water partition coefficient (Wildman–Crippen LogP) is 2.04. The van der Waals surface area contributed by atoms with E-state index in [2.05, 4.69) is 59.1 Å². The molecule has 7 heteroatoms. The van der Waals surface area contributed by atoms with Crippen LogP contribution in [0.3, 0.4) is 0 Å². The summed E-state index contributed by atoms with van der Waals surface area (Å²) in [4.78, 5) is 4.82. The van der Waals surface area contributed by atoms with Crippen molar-refractivity contribution in [3.63, 3.8) is 0 Å². The third-order valence-electron chi connectivity index (χ3n) is 6.25. The average Bonchev–Trinajstić information content (AvgIpc) is 3.25. The van der Waals surface area contributed by atoms with Gasteiger partial charge in [0.2, 0.25) is 5.65 Å². The maximum Gasteiger partial charge on any atom is 0.200 e. The van der Waals surface area contributed by atoms with E-state index in [0.29, 0.717) is 29.9 Å². The van der Waals surface area contributed by atoms with Crippen molar-refractivity contribution in [3.8, 4) is 0 Å². The summed E-state index contributed by atoms with van der Waals surface area (Å²) in [7, 11) is 6.19. The molecule has 0 radical (unpaired) electrons. The lowest BCUT2D eigenvalue weighted by molar-refractivity contribution is -0.0209. The fraction of sp³-hybridized carbons (Fsp3) is 0.737. The summed E-state index contributed by atoms with van der Waals surface area (Å²) in [5.41, 5.74) is 3.12. The van der Waals surface area contributed by atoms with Crippen LogP contribution in [-0.2, 0) is 4.74 Å². The summed E-state index contributed by atoms with van der Waals surface area (Å²) >= 11 is 0. The van der Waals surface area contributed by atoms with Gasteiger partial charge in [0.1, 0.15) is 6.33 Å². The monoisotopic (exact) mass is 358 g/mol. The zero-order valence-electron chi connectivity index (χ0n) is 16.5. The van der Waals surface area contributed by atoms with Gasteiger partial charge in [-0.1, -0.05) is 13.8 Å². The number of likely N-dealkylation sites (N-methyl/N-ethyl adjacent to an activating group) is 1. The second-order valence-electron chi connectivity index (χ2n) is 8.41. The van der Waals surface area contributed by atoms with Crippen molar-refractivity contribution in [2.24, 2.45) is 11.8 Å². The molecule has 1 aliphatic heterocycles. The van der Waals surface area contributed by atoms with Crippen molar-refractivity contribution < 1.29 is 4.74 Å². The molecule has 0 spiro atoms. The molecular weight excluding hydrogens is 328 g/mol. The number of aromatic nitrogens is 4. The zero-order valence-corrected chi connectivity index (χ0v) is 16.5. The highest BCUT2D eigenvalue weighted by molar-refractivity contribution is 5.69. The summed E-state index contributed by atoms with van der Waals surface area (Å²) in [5, 5.41) is 13.1. The lowest BCUT2D eigenvalue weighted by Crippen LogP contribution is -2.47. The van der Waals surface area contributed by atoms with Crippen LogP contribution in [0, 0.1) is 11.8 Å². The van der Waals surface area contributed by atoms with Gasteiger partial charge in [-0.2, -0.15) is 9.61 Å². The first kappa shape index (κ1) is 17.7. The molecule has 4 rings (SSSR count). The van der Waals surface area contributed by atoms with Crippen molar-refractivity contribution in [3.05, 3.63) is 18.1 Å². The van der Waals surface area contributed by atoms with Gasteiger partial charge in [0.15, 0.2) is 0 Å². The van der Waals surface area contributed by atoms with Crippen molar-refractivity contribution in [1.82, 2.24) is 24.7 Å². The Morgan fingerprint density at radius 2 is 1.92 bits per heavy atom. The molecule has 142 valence electrons. The lowest BCUT2D eigenvalue weighted by atomic mass is 9.77. The van der Waals surface area contributed by atoms with E-state index in [4.69, 9.17) is 4.74 Å². The maximum absolute atomic E-state index is 5.83. The van der Waals surface area contributed by atoms with E-state index in [1.807, 2.05) is 11.6 Å². The van der Waals surface area contributed by atoms with Crippen LogP contribution in [0.1, 0.15) is 38.3 Å². The Labute approximate surface area is 155 Å². The largest absolute Gasteiger partial charge is 0.380 e. The van der Waals surface area contributed by atoms with Crippen molar-refractivity contribution in [2.45, 2.75) is 44.8 Å². The van der Waals surface area contributed by atoms with Gasteiger partial charge in [0.05, 0.1) is 17.5 Å². The van der Waals surface area contributed by atoms with Gasteiger partial charge in [-0.15, -0.1) is 10.2 Å². The molecule has 0 bridgehead atoms. The van der Waals surface area contributed by atoms with E-state index in [1.54, 1.807) is 6.33 Å². The number of rotatable bonds is 4. The molecule has 1 saturated heterocycles. The number of methoxy groups -OCH3 is 1. The lowest BCUT2D eigenvalue weighted by Gasteiger charge is -2.40. The van der Waals surface area contributed by atoms with Gasteiger partial charge in [-0.25, -0.2) is 0 Å². The molecule has 1 aliphatic carbocycles. The van der Waals surface area contributed by atoms with E-state index in [-0.39, 0.29) is 0 Å². The SMILES string of the molecule is CO[C@@H]1C[C@H]2CN(c3cc(C(C)C)nn4cnnc34)C[C@H]2C[C@H]1N(C)C. The molecule has 0 N–H and O–H groups in total. The maximum atomic E-state index is 5.83. The van der Waals surface area contributed by atoms with Crippen molar-refractivity contribution >= 4 is 11.3 Å². The van der Waals surface area contributed by atoms with Gasteiger partial charge in [0.25, 0.3) is 0 Å². The molecule has 2 aromatic heterocycles. The molecule has 0 amide bonds. The van der Waals surface area contributed by atoms with Crippen LogP contribution in [-0.4, -0.2) is 71.2 Å². The molecule has 2 aliphatic rings. The van der Waals surface area contributed by atoms with Gasteiger partial charge >= 0.3 is 0 Å². The highest BCUT2D eigenvalue weighted by atomic mass is 16.5. The minimum absolute atomic E-state index is 0.322. The van der Waals surface area contributed by atoms with Gasteiger partial charge < -0.3 is 14.5 Å². The van der Waals surface area contributed by atoms with Crippen LogP contribution in [0.5, 0.6) is 0 Å². The fourth-order valence-corrected chi connectivity index (χ4v) is 4.73. The molecule has 7 nitrogen and oxygen atoms in total. The second kappa shape index (κ2) is 6.78. The molecule has 0 aromatic carbocycles. The van der Waals surface area contributed by atoms with Gasteiger partial charge in [-0.05, 0) is 50.8 Å². The molecule has 0 unspecified atom stereocenters. The zero-order chi connectivity index (χ0) is 18.4. The Morgan fingerprint density at radius 1 is 1.19 bits per heavy atom. The summed E-state index contributed by atoms with van der Waals surface area (Å²) in [5.74, 6) is 1.75. The Morgan fingerprint density at radius 3 is 2.58 bits per heavy atom. The van der Waals surface area contributed by atoms with E-state index in [9.17, 15) is 0 Å². The number of anilines is 1. The van der Waals surface area contributed by atoms with E-state index >= 15 is 0 Å². The smallest absolute Gasteiger partial charge is 0.200 e. The topological polar surface area (TPSA) is 58.8 Å². The van der Waals surface area contributed by atoms with Crippen LogP contribution in [0.15, 0.2) is 12.4 Å². The normalized spacial score (nSPS) is 29.1. The average molecular weight is 358 g/mol. The Hall–Kier alpha value is -1.73. The second-order valence-corrected chi connectivity index (χ2v) is 8.41. The first-order valence-corrected chi connectivity index (χ1v) is 9.63. The summed E-state index contributed by atoms with van der Waals surface area (Å²) in [6.07, 6.45) is 4.35. The van der Waals surface area contributed by atoms with Crippen LogP contribution >= 0.6 is 0 Å². The van der Waals surface area contributed by atoms with Crippen LogP contribution in [0.2, 0.25) is 0 Å².